The van der Waals surface area contributed by atoms with Crippen LogP contribution in [0.2, 0.25) is 0 Å². The first kappa shape index (κ1) is 33.9. The molecular formula is H3AlCoCrPt. The molecule has 4 heavy (non-hydrogen) atoms. The Morgan fingerprint density at radius 3 is 1.00 bits per heavy atom. The molecule has 0 amide bonds. The zero-order valence-electron chi connectivity index (χ0n) is 1.06. The molecule has 0 unspecified atom stereocenters. The number of hydrogen-bond acceptors (Lipinski definition) is 0. The van der Waals surface area contributed by atoms with Crippen LogP contribution in [0.1, 0.15) is 0 Å². The van der Waals surface area contributed by atoms with Gasteiger partial charge in [0, 0.05) is 55.2 Å². The Kier molecular flexibility index (Phi) is 158. The Labute approximate surface area is 71.8 Å². The first-order chi connectivity index (χ1) is 0. The Hall–Kier alpha value is 2.26. The van der Waals surface area contributed by atoms with Crippen molar-refractivity contribution in [3.63, 3.8) is 0 Å². The summed E-state index contributed by atoms with van der Waals surface area (Å²) >= 11 is 0. The van der Waals surface area contributed by atoms with Gasteiger partial charge in [-0.15, -0.1) is 0 Å². The summed E-state index contributed by atoms with van der Waals surface area (Å²) in [5.74, 6) is 0. The molecule has 0 aromatic heterocycles. The summed E-state index contributed by atoms with van der Waals surface area (Å²) in [6, 6.07) is 0. The fourth-order valence-electron chi connectivity index (χ4n) is 0. The predicted octanol–water partition coefficient (Wildman–Crippen LogP) is -1.19. The van der Waals surface area contributed by atoms with Gasteiger partial charge < -0.3 is 0 Å². The van der Waals surface area contributed by atoms with E-state index in [1.54, 1.807) is 0 Å². The average Bonchev–Trinajstić information content (AvgIpc) is 0. The van der Waals surface area contributed by atoms with E-state index in [0.29, 0.717) is 0 Å². The van der Waals surface area contributed by atoms with E-state index in [0.717, 1.165) is 0 Å². The molecule has 0 heterocycles. The fraction of sp³-hybridized carbons (Fsp3) is 0. The normalized spacial score (nSPS) is 0. The van der Waals surface area contributed by atoms with Gasteiger partial charge in [0.05, 0.1) is 0 Å². The maximum Gasteiger partial charge on any atom is 0.187 e. The summed E-state index contributed by atoms with van der Waals surface area (Å²) < 4.78 is 0. The van der Waals surface area contributed by atoms with Crippen LogP contribution in [0.5, 0.6) is 0 Å². The molecule has 0 saturated carbocycles. The summed E-state index contributed by atoms with van der Waals surface area (Å²) in [5, 5.41) is 0. The van der Waals surface area contributed by atoms with E-state index in [9.17, 15) is 0 Å². The van der Waals surface area contributed by atoms with E-state index in [-0.39, 0.29) is 72.6 Å². The van der Waals surface area contributed by atoms with Crippen molar-refractivity contribution in [2.75, 3.05) is 0 Å². The summed E-state index contributed by atoms with van der Waals surface area (Å²) in [6.07, 6.45) is 0. The maximum atomic E-state index is 0. The molecule has 0 aromatic rings. The van der Waals surface area contributed by atoms with Crippen molar-refractivity contribution < 1.29 is 55.2 Å². The van der Waals surface area contributed by atoms with E-state index in [1.807, 2.05) is 0 Å². The topological polar surface area (TPSA) is 0 Å². The van der Waals surface area contributed by atoms with Gasteiger partial charge in [-0.25, -0.2) is 0 Å². The first-order valence-corrected chi connectivity index (χ1v) is 0. The second-order valence-electron chi connectivity index (χ2n) is 0. The zero-order valence-corrected chi connectivity index (χ0v) is 5.65. The van der Waals surface area contributed by atoms with Crippen molar-refractivity contribution in [2.45, 2.75) is 0 Å². The monoisotopic (exact) mass is 336 g/mol. The van der Waals surface area contributed by atoms with Crippen LogP contribution in [-0.2, 0) is 55.2 Å². The molecule has 0 aliphatic carbocycles. The molecule has 0 bridgehead atoms. The van der Waals surface area contributed by atoms with Crippen LogP contribution in [0.15, 0.2) is 0 Å². The van der Waals surface area contributed by atoms with E-state index >= 15 is 0 Å². The third kappa shape index (κ3) is 8.86. The Bertz CT molecular complexity index is 8.00. The minimum atomic E-state index is 0. The van der Waals surface area contributed by atoms with Gasteiger partial charge >= 0.3 is 0 Å². The van der Waals surface area contributed by atoms with Crippen LogP contribution in [0.3, 0.4) is 0 Å². The van der Waals surface area contributed by atoms with Crippen molar-refractivity contribution >= 4 is 17.4 Å². The number of hydrogen-bond donors (Lipinski definition) is 0. The molecule has 0 saturated heterocycles. The van der Waals surface area contributed by atoms with Crippen molar-refractivity contribution in [3.8, 4) is 0 Å². The molecule has 1 radical (unpaired) electrons. The van der Waals surface area contributed by atoms with E-state index < -0.39 is 0 Å². The van der Waals surface area contributed by atoms with Gasteiger partial charge in [-0.3, -0.25) is 0 Å². The molecule has 0 nitrogen and oxygen atoms in total. The van der Waals surface area contributed by atoms with Gasteiger partial charge in [0.2, 0.25) is 0 Å². The minimum absolute atomic E-state index is 0. The second-order valence-corrected chi connectivity index (χ2v) is 0. The minimum Gasteiger partial charge on any atom is 0 e. The van der Waals surface area contributed by atoms with Crippen LogP contribution in [0, 0.1) is 0 Å². The van der Waals surface area contributed by atoms with Gasteiger partial charge in [0.15, 0.2) is 17.4 Å². The molecule has 0 spiro atoms. The SMILES string of the molecule is [AlH3].[Co].[Cr].[Pt]. The number of rotatable bonds is 0. The van der Waals surface area contributed by atoms with Crippen LogP contribution in [-0.4, -0.2) is 17.4 Å². The molecule has 0 atom stereocenters. The fourth-order valence-corrected chi connectivity index (χ4v) is 0. The molecule has 0 fully saturated rings. The maximum absolute atomic E-state index is 0. The predicted molar refractivity (Wildman–Crippen MR) is 9.94 cm³/mol. The van der Waals surface area contributed by atoms with Crippen LogP contribution in [0.4, 0.5) is 0 Å². The third-order valence-corrected chi connectivity index (χ3v) is 0. The largest absolute Gasteiger partial charge is 0.187 e. The summed E-state index contributed by atoms with van der Waals surface area (Å²) in [6.45, 7) is 0. The van der Waals surface area contributed by atoms with Crippen LogP contribution < -0.4 is 0 Å². The van der Waals surface area contributed by atoms with E-state index in [1.165, 1.54) is 0 Å². The standard InChI is InChI=1S/Al.Co.Cr.Pt.3H. The molecule has 0 aliphatic rings. The second kappa shape index (κ2) is 18.7. The van der Waals surface area contributed by atoms with Gasteiger partial charge in [0.1, 0.15) is 0 Å². The van der Waals surface area contributed by atoms with Gasteiger partial charge in [0.25, 0.3) is 0 Å². The Balaban J connectivity index is 0. The molecular weight excluding hydrogens is 333 g/mol. The van der Waals surface area contributed by atoms with Crippen molar-refractivity contribution in [1.82, 2.24) is 0 Å². The van der Waals surface area contributed by atoms with Gasteiger partial charge in [-0.2, -0.15) is 0 Å². The molecule has 0 N–H and O–H groups in total. The summed E-state index contributed by atoms with van der Waals surface area (Å²) in [4.78, 5) is 0. The molecule has 4 heteroatoms. The molecule has 0 aliphatic heterocycles. The molecule has 31 valence electrons. The van der Waals surface area contributed by atoms with Gasteiger partial charge in [-0.05, 0) is 0 Å². The van der Waals surface area contributed by atoms with Crippen LogP contribution >= 0.6 is 0 Å². The summed E-state index contributed by atoms with van der Waals surface area (Å²) in [5.41, 5.74) is 0. The third-order valence-electron chi connectivity index (χ3n) is 0. The Morgan fingerprint density at radius 2 is 1.00 bits per heavy atom. The van der Waals surface area contributed by atoms with E-state index in [4.69, 9.17) is 0 Å². The smallest absolute Gasteiger partial charge is 0 e. The van der Waals surface area contributed by atoms with Gasteiger partial charge in [-0.1, -0.05) is 0 Å². The first-order valence-electron chi connectivity index (χ1n) is 0. The quantitative estimate of drug-likeness (QED) is 0.488. The van der Waals surface area contributed by atoms with Crippen molar-refractivity contribution in [2.24, 2.45) is 0 Å². The molecule has 0 aromatic carbocycles. The van der Waals surface area contributed by atoms with E-state index in [2.05, 4.69) is 0 Å². The average molecular weight is 336 g/mol. The zero-order chi connectivity index (χ0) is 0. The van der Waals surface area contributed by atoms with Crippen molar-refractivity contribution in [3.05, 3.63) is 0 Å². The van der Waals surface area contributed by atoms with Crippen molar-refractivity contribution in [1.29, 1.82) is 0 Å². The Morgan fingerprint density at radius 1 is 1.00 bits per heavy atom. The molecule has 0 rings (SSSR count). The van der Waals surface area contributed by atoms with Crippen LogP contribution in [0.25, 0.3) is 0 Å². The summed E-state index contributed by atoms with van der Waals surface area (Å²) in [7, 11) is 0.